The van der Waals surface area contributed by atoms with Crippen LogP contribution in [0.5, 0.6) is 0 Å². The molecule has 2 heterocycles. The number of methoxy groups -OCH3 is 1. The van der Waals surface area contributed by atoms with Crippen molar-refractivity contribution in [1.82, 2.24) is 15.5 Å². The van der Waals surface area contributed by atoms with Gasteiger partial charge in [-0.15, -0.1) is 24.8 Å². The molecule has 0 aromatic heterocycles. The molecular weight excluding hydrogens is 373 g/mol. The van der Waals surface area contributed by atoms with Crippen molar-refractivity contribution in [3.63, 3.8) is 0 Å². The number of amides is 1. The van der Waals surface area contributed by atoms with Crippen molar-refractivity contribution in [3.05, 3.63) is 35.4 Å². The van der Waals surface area contributed by atoms with Crippen LogP contribution in [0.2, 0.25) is 0 Å². The van der Waals surface area contributed by atoms with Crippen molar-refractivity contribution in [2.75, 3.05) is 33.3 Å². The van der Waals surface area contributed by atoms with Gasteiger partial charge in [-0.3, -0.25) is 9.69 Å². The second-order valence-corrected chi connectivity index (χ2v) is 7.00. The fourth-order valence-corrected chi connectivity index (χ4v) is 3.78. The minimum Gasteiger partial charge on any atom is -0.368 e. The Balaban J connectivity index is 0.00000169. The third kappa shape index (κ3) is 5.11. The van der Waals surface area contributed by atoms with Crippen molar-refractivity contribution >= 4 is 30.7 Å². The number of fused-ring (bicyclic) bond motifs is 1. The molecule has 1 fully saturated rings. The Bertz CT molecular complexity index is 580. The van der Waals surface area contributed by atoms with Gasteiger partial charge in [0.05, 0.1) is 0 Å². The fourth-order valence-electron chi connectivity index (χ4n) is 3.78. The monoisotopic (exact) mass is 403 g/mol. The van der Waals surface area contributed by atoms with E-state index in [-0.39, 0.29) is 30.7 Å². The maximum absolute atomic E-state index is 12.7. The zero-order valence-electron chi connectivity index (χ0n) is 15.6. The fraction of sp³-hybridized carbons (Fsp3) is 0.632. The zero-order chi connectivity index (χ0) is 17.0. The van der Waals surface area contributed by atoms with E-state index < -0.39 is 5.60 Å². The summed E-state index contributed by atoms with van der Waals surface area (Å²) in [4.78, 5) is 15.1. The SMILES string of the molecule is COC1(C(=O)NCC(C)N2CCc3ccccc3C2)CCNCC1.Cl.Cl. The number of carbonyl (C=O) groups is 1. The molecule has 0 radical (unpaired) electrons. The number of nitrogens with zero attached hydrogens (tertiary/aromatic N) is 1. The van der Waals surface area contributed by atoms with Gasteiger partial charge >= 0.3 is 0 Å². The molecule has 1 unspecified atom stereocenters. The van der Waals surface area contributed by atoms with Crippen molar-refractivity contribution in [2.45, 2.75) is 44.4 Å². The molecule has 26 heavy (non-hydrogen) atoms. The molecule has 0 saturated carbocycles. The summed E-state index contributed by atoms with van der Waals surface area (Å²) in [6, 6.07) is 8.97. The molecule has 2 aliphatic heterocycles. The van der Waals surface area contributed by atoms with Crippen LogP contribution in [-0.2, 0) is 22.5 Å². The molecule has 1 saturated heterocycles. The minimum absolute atomic E-state index is 0. The summed E-state index contributed by atoms with van der Waals surface area (Å²) in [7, 11) is 1.65. The minimum atomic E-state index is -0.653. The highest BCUT2D eigenvalue weighted by atomic mass is 35.5. The summed E-state index contributed by atoms with van der Waals surface area (Å²) in [5.41, 5.74) is 2.21. The van der Waals surface area contributed by atoms with Gasteiger partial charge in [0.25, 0.3) is 5.91 Å². The number of hydrogen-bond donors (Lipinski definition) is 2. The Morgan fingerprint density at radius 1 is 1.27 bits per heavy atom. The zero-order valence-corrected chi connectivity index (χ0v) is 17.3. The second-order valence-electron chi connectivity index (χ2n) is 7.00. The van der Waals surface area contributed by atoms with Crippen LogP contribution in [0.3, 0.4) is 0 Å². The first-order valence-electron chi connectivity index (χ1n) is 8.99. The molecule has 5 nitrogen and oxygen atoms in total. The predicted molar refractivity (Wildman–Crippen MR) is 109 cm³/mol. The summed E-state index contributed by atoms with van der Waals surface area (Å²) in [6.45, 7) is 6.54. The maximum atomic E-state index is 12.7. The summed E-state index contributed by atoms with van der Waals surface area (Å²) < 4.78 is 5.60. The Hall–Kier alpha value is -0.850. The number of ether oxygens (including phenoxy) is 1. The van der Waals surface area contributed by atoms with E-state index in [2.05, 4.69) is 46.7 Å². The lowest BCUT2D eigenvalue weighted by Gasteiger charge is -2.37. The van der Waals surface area contributed by atoms with Crippen molar-refractivity contribution in [1.29, 1.82) is 0 Å². The first kappa shape index (κ1) is 23.2. The van der Waals surface area contributed by atoms with Crippen LogP contribution in [0.25, 0.3) is 0 Å². The van der Waals surface area contributed by atoms with Crippen LogP contribution >= 0.6 is 24.8 Å². The van der Waals surface area contributed by atoms with Gasteiger partial charge in [0.2, 0.25) is 0 Å². The van der Waals surface area contributed by atoms with Crippen LogP contribution in [0.4, 0.5) is 0 Å². The van der Waals surface area contributed by atoms with Crippen molar-refractivity contribution in [3.8, 4) is 0 Å². The normalized spacial score (nSPS) is 20.1. The van der Waals surface area contributed by atoms with Crippen LogP contribution in [0.15, 0.2) is 24.3 Å². The lowest BCUT2D eigenvalue weighted by molar-refractivity contribution is -0.146. The molecule has 148 valence electrons. The van der Waals surface area contributed by atoms with Gasteiger partial charge in [0, 0.05) is 32.8 Å². The molecule has 1 aromatic rings. The molecule has 0 spiro atoms. The molecule has 1 aromatic carbocycles. The number of halogens is 2. The highest BCUT2D eigenvalue weighted by Gasteiger charge is 2.39. The first-order chi connectivity index (χ1) is 11.6. The largest absolute Gasteiger partial charge is 0.368 e. The molecule has 0 bridgehead atoms. The number of piperidine rings is 1. The van der Waals surface area contributed by atoms with E-state index in [1.165, 1.54) is 11.1 Å². The third-order valence-corrected chi connectivity index (χ3v) is 5.56. The molecule has 3 rings (SSSR count). The molecule has 2 N–H and O–H groups in total. The molecule has 2 aliphatic rings. The van der Waals surface area contributed by atoms with E-state index in [1.54, 1.807) is 7.11 Å². The molecular formula is C19H31Cl2N3O2. The standard InChI is InChI=1S/C19H29N3O2.2ClH/c1-15(22-12-7-16-5-3-4-6-17(16)14-22)13-21-18(23)19(24-2)8-10-20-11-9-19;;/h3-6,15,20H,7-14H2,1-2H3,(H,21,23);2*1H. The quantitative estimate of drug-likeness (QED) is 0.790. The average Bonchev–Trinajstić information content (AvgIpc) is 2.65. The number of carbonyl (C=O) groups excluding carboxylic acids is 1. The Kier molecular flexibility index (Phi) is 9.34. The Morgan fingerprint density at radius 2 is 1.92 bits per heavy atom. The highest BCUT2D eigenvalue weighted by molar-refractivity contribution is 5.86. The van der Waals surface area contributed by atoms with Gasteiger partial charge in [-0.05, 0) is 50.4 Å². The lowest BCUT2D eigenvalue weighted by Crippen LogP contribution is -2.56. The van der Waals surface area contributed by atoms with Crippen LogP contribution in [0.1, 0.15) is 30.9 Å². The average molecular weight is 404 g/mol. The number of hydrogen-bond acceptors (Lipinski definition) is 4. The summed E-state index contributed by atoms with van der Waals surface area (Å²) in [5.74, 6) is 0.0377. The first-order valence-corrected chi connectivity index (χ1v) is 8.99. The highest BCUT2D eigenvalue weighted by Crippen LogP contribution is 2.23. The number of nitrogens with one attached hydrogen (secondary N) is 2. The van der Waals surface area contributed by atoms with Crippen molar-refractivity contribution in [2.24, 2.45) is 0 Å². The van der Waals surface area contributed by atoms with Crippen LogP contribution < -0.4 is 10.6 Å². The van der Waals surface area contributed by atoms with Crippen molar-refractivity contribution < 1.29 is 9.53 Å². The van der Waals surface area contributed by atoms with E-state index in [0.717, 1.165) is 45.4 Å². The van der Waals surface area contributed by atoms with Gasteiger partial charge in [-0.1, -0.05) is 24.3 Å². The molecule has 0 aliphatic carbocycles. The summed E-state index contributed by atoms with van der Waals surface area (Å²) in [6.07, 6.45) is 2.56. The number of rotatable bonds is 5. The molecule has 7 heteroatoms. The Labute approximate surface area is 169 Å². The van der Waals surface area contributed by atoms with Gasteiger partial charge in [0.1, 0.15) is 5.60 Å². The molecule has 1 amide bonds. The topological polar surface area (TPSA) is 53.6 Å². The van der Waals surface area contributed by atoms with E-state index in [1.807, 2.05) is 0 Å². The smallest absolute Gasteiger partial charge is 0.252 e. The second kappa shape index (κ2) is 10.5. The van der Waals surface area contributed by atoms with Crippen LogP contribution in [0, 0.1) is 0 Å². The van der Waals surface area contributed by atoms with E-state index in [4.69, 9.17) is 4.74 Å². The number of benzene rings is 1. The van der Waals surface area contributed by atoms with Gasteiger partial charge in [-0.2, -0.15) is 0 Å². The predicted octanol–water partition coefficient (Wildman–Crippen LogP) is 2.16. The van der Waals surface area contributed by atoms with E-state index in [9.17, 15) is 4.79 Å². The van der Waals surface area contributed by atoms with E-state index in [0.29, 0.717) is 12.6 Å². The Morgan fingerprint density at radius 3 is 2.58 bits per heavy atom. The van der Waals surface area contributed by atoms with E-state index >= 15 is 0 Å². The van der Waals surface area contributed by atoms with Crippen LogP contribution in [-0.4, -0.2) is 55.7 Å². The maximum Gasteiger partial charge on any atom is 0.252 e. The summed E-state index contributed by atoms with van der Waals surface area (Å²) in [5, 5.41) is 6.42. The molecule has 1 atom stereocenters. The summed E-state index contributed by atoms with van der Waals surface area (Å²) >= 11 is 0. The van der Waals surface area contributed by atoms with Gasteiger partial charge < -0.3 is 15.4 Å². The third-order valence-electron chi connectivity index (χ3n) is 5.56. The van der Waals surface area contributed by atoms with Gasteiger partial charge in [0.15, 0.2) is 0 Å². The van der Waals surface area contributed by atoms with Gasteiger partial charge in [-0.25, -0.2) is 0 Å². The lowest BCUT2D eigenvalue weighted by atomic mass is 9.91.